The minimum atomic E-state index is 0. The van der Waals surface area contributed by atoms with Gasteiger partial charge in [-0.1, -0.05) is 0 Å². The van der Waals surface area contributed by atoms with Crippen molar-refractivity contribution in [3.63, 3.8) is 0 Å². The number of aliphatic hydroxyl groups is 2. The van der Waals surface area contributed by atoms with Gasteiger partial charge < -0.3 is 35.8 Å². The average molecular weight is 256 g/mol. The van der Waals surface area contributed by atoms with Gasteiger partial charge in [0.2, 0.25) is 0 Å². The lowest BCUT2D eigenvalue weighted by Crippen LogP contribution is -2.32. The van der Waals surface area contributed by atoms with Crippen LogP contribution in [0.15, 0.2) is 0 Å². The van der Waals surface area contributed by atoms with Gasteiger partial charge in [0, 0.05) is 26.7 Å². The molecule has 7 nitrogen and oxygen atoms in total. The predicted octanol–water partition coefficient (Wildman–Crippen LogP) is -2.31. The van der Waals surface area contributed by atoms with Crippen LogP contribution in [0, 0.1) is 0 Å². The summed E-state index contributed by atoms with van der Waals surface area (Å²) in [6.45, 7) is 5.57. The van der Waals surface area contributed by atoms with Gasteiger partial charge in [-0.05, 0) is 7.05 Å². The standard InChI is InChI=1S/C5H11NO.C4H11NO2.CH4O.H2O/c1-6-2-4-7-5-3-6;5-1-3-7-4-2-6;1-2;/h2-5H2,1H3;6H,1-5H2;2H,1H3;1H2. The SMILES string of the molecule is CN1CCOCC1.CO.NCCOCCO.O. The minimum Gasteiger partial charge on any atom is -0.412 e. The van der Waals surface area contributed by atoms with Crippen molar-refractivity contribution in [1.29, 1.82) is 0 Å². The van der Waals surface area contributed by atoms with Gasteiger partial charge in [-0.15, -0.1) is 0 Å². The number of nitrogens with zero attached hydrogens (tertiary/aromatic N) is 1. The van der Waals surface area contributed by atoms with E-state index in [0.29, 0.717) is 19.8 Å². The van der Waals surface area contributed by atoms with Crippen molar-refractivity contribution in [3.8, 4) is 0 Å². The van der Waals surface area contributed by atoms with Gasteiger partial charge in [0.05, 0.1) is 33.0 Å². The number of morpholine rings is 1. The van der Waals surface area contributed by atoms with E-state index in [9.17, 15) is 0 Å². The predicted molar refractivity (Wildman–Crippen MR) is 67.0 cm³/mol. The van der Waals surface area contributed by atoms with E-state index in [2.05, 4.69) is 11.9 Å². The first-order valence-corrected chi connectivity index (χ1v) is 5.41. The van der Waals surface area contributed by atoms with Gasteiger partial charge in [-0.3, -0.25) is 0 Å². The molecule has 1 aliphatic rings. The summed E-state index contributed by atoms with van der Waals surface area (Å²) >= 11 is 0. The lowest BCUT2D eigenvalue weighted by atomic mass is 10.5. The molecule has 7 heteroatoms. The van der Waals surface area contributed by atoms with Crippen molar-refractivity contribution in [2.75, 3.05) is 66.8 Å². The van der Waals surface area contributed by atoms with Crippen LogP contribution >= 0.6 is 0 Å². The van der Waals surface area contributed by atoms with Crippen LogP contribution in [-0.4, -0.2) is 87.4 Å². The van der Waals surface area contributed by atoms with Gasteiger partial charge in [0.15, 0.2) is 0 Å². The van der Waals surface area contributed by atoms with E-state index in [1.807, 2.05) is 0 Å². The van der Waals surface area contributed by atoms with Crippen LogP contribution in [0.25, 0.3) is 0 Å². The maximum absolute atomic E-state index is 8.13. The highest BCUT2D eigenvalue weighted by Crippen LogP contribution is 1.89. The molecule has 1 saturated heterocycles. The fraction of sp³-hybridized carbons (Fsp3) is 1.00. The Kier molecular flexibility index (Phi) is 27.2. The number of rotatable bonds is 4. The maximum atomic E-state index is 8.13. The number of likely N-dealkylation sites (N-methyl/N-ethyl adjacent to an activating group) is 1. The van der Waals surface area contributed by atoms with E-state index in [4.69, 9.17) is 25.4 Å². The third-order valence-electron chi connectivity index (χ3n) is 1.73. The molecule has 1 rings (SSSR count). The summed E-state index contributed by atoms with van der Waals surface area (Å²) < 4.78 is 9.86. The molecule has 0 aromatic rings. The van der Waals surface area contributed by atoms with Crippen LogP contribution in [0.5, 0.6) is 0 Å². The van der Waals surface area contributed by atoms with Gasteiger partial charge >= 0.3 is 0 Å². The normalized spacial score (nSPS) is 14.6. The average Bonchev–Trinajstić information content (AvgIpc) is 2.34. The second-order valence-electron chi connectivity index (χ2n) is 3.04. The Hall–Kier alpha value is -0.280. The third-order valence-corrected chi connectivity index (χ3v) is 1.73. The van der Waals surface area contributed by atoms with Crippen molar-refractivity contribution in [3.05, 3.63) is 0 Å². The van der Waals surface area contributed by atoms with Gasteiger partial charge in [-0.2, -0.15) is 0 Å². The number of nitrogens with two attached hydrogens (primary N) is 1. The molecule has 0 saturated carbocycles. The molecule has 108 valence electrons. The van der Waals surface area contributed by atoms with Crippen LogP contribution < -0.4 is 5.73 Å². The first-order valence-electron chi connectivity index (χ1n) is 5.41. The Morgan fingerprint density at radius 2 is 1.76 bits per heavy atom. The molecule has 0 radical (unpaired) electrons. The molecule has 1 aliphatic heterocycles. The molecule has 0 spiro atoms. The van der Waals surface area contributed by atoms with Crippen LogP contribution in [0.1, 0.15) is 0 Å². The molecule has 6 N–H and O–H groups in total. The summed E-state index contributed by atoms with van der Waals surface area (Å²) in [7, 11) is 3.11. The summed E-state index contributed by atoms with van der Waals surface area (Å²) in [5.74, 6) is 0. The van der Waals surface area contributed by atoms with E-state index in [0.717, 1.165) is 33.4 Å². The zero-order valence-corrected chi connectivity index (χ0v) is 10.9. The van der Waals surface area contributed by atoms with E-state index in [-0.39, 0.29) is 12.1 Å². The zero-order chi connectivity index (χ0) is 12.6. The molecule has 0 aromatic heterocycles. The van der Waals surface area contributed by atoms with Crippen molar-refractivity contribution in [2.45, 2.75) is 0 Å². The lowest BCUT2D eigenvalue weighted by Gasteiger charge is -2.21. The van der Waals surface area contributed by atoms with Crippen LogP contribution in [0.4, 0.5) is 0 Å². The molecule has 17 heavy (non-hydrogen) atoms. The Morgan fingerprint density at radius 1 is 1.24 bits per heavy atom. The Bertz CT molecular complexity index is 109. The highest BCUT2D eigenvalue weighted by atomic mass is 16.5. The van der Waals surface area contributed by atoms with Gasteiger partial charge in [-0.25, -0.2) is 0 Å². The summed E-state index contributed by atoms with van der Waals surface area (Å²) in [6, 6.07) is 0. The highest BCUT2D eigenvalue weighted by Gasteiger charge is 2.02. The Balaban J connectivity index is -0.000000191. The Morgan fingerprint density at radius 3 is 2.06 bits per heavy atom. The monoisotopic (exact) mass is 256 g/mol. The minimum absolute atomic E-state index is 0. The summed E-state index contributed by atoms with van der Waals surface area (Å²) in [6.07, 6.45) is 0. The van der Waals surface area contributed by atoms with E-state index in [1.165, 1.54) is 0 Å². The number of aliphatic hydroxyl groups excluding tert-OH is 2. The topological polar surface area (TPSA) is 120 Å². The van der Waals surface area contributed by atoms with E-state index in [1.54, 1.807) is 0 Å². The Labute approximate surface area is 103 Å². The molecule has 1 heterocycles. The van der Waals surface area contributed by atoms with Crippen molar-refractivity contribution in [2.24, 2.45) is 5.73 Å². The molecular formula is C10H28N2O5. The zero-order valence-electron chi connectivity index (χ0n) is 10.9. The van der Waals surface area contributed by atoms with Gasteiger partial charge in [0.25, 0.3) is 0 Å². The number of hydrogen-bond donors (Lipinski definition) is 3. The van der Waals surface area contributed by atoms with Crippen molar-refractivity contribution < 1.29 is 25.2 Å². The van der Waals surface area contributed by atoms with Crippen LogP contribution in [0.2, 0.25) is 0 Å². The molecule has 0 aliphatic carbocycles. The number of ether oxygens (including phenoxy) is 2. The summed E-state index contributed by atoms with van der Waals surface area (Å²) in [4.78, 5) is 2.27. The number of hydrogen-bond acceptors (Lipinski definition) is 6. The molecule has 0 unspecified atom stereocenters. The summed E-state index contributed by atoms with van der Waals surface area (Å²) in [5, 5.41) is 15.1. The lowest BCUT2D eigenvalue weighted by molar-refractivity contribution is 0.0503. The second kappa shape index (κ2) is 21.1. The van der Waals surface area contributed by atoms with Crippen molar-refractivity contribution in [1.82, 2.24) is 4.90 Å². The molecular weight excluding hydrogens is 228 g/mol. The maximum Gasteiger partial charge on any atom is 0.0698 e. The van der Waals surface area contributed by atoms with Crippen LogP contribution in [-0.2, 0) is 9.47 Å². The molecule has 0 bridgehead atoms. The first kappa shape index (κ1) is 21.9. The fourth-order valence-electron chi connectivity index (χ4n) is 0.905. The molecule has 0 aromatic carbocycles. The quantitative estimate of drug-likeness (QED) is 0.486. The third kappa shape index (κ3) is 21.5. The van der Waals surface area contributed by atoms with Gasteiger partial charge in [0.1, 0.15) is 0 Å². The first-order chi connectivity index (χ1) is 7.81. The summed E-state index contributed by atoms with van der Waals surface area (Å²) in [5.41, 5.74) is 5.06. The second-order valence-corrected chi connectivity index (χ2v) is 3.04. The molecule has 1 fully saturated rings. The van der Waals surface area contributed by atoms with Crippen LogP contribution in [0.3, 0.4) is 0 Å². The van der Waals surface area contributed by atoms with E-state index < -0.39 is 0 Å². The molecule has 0 atom stereocenters. The smallest absolute Gasteiger partial charge is 0.0698 e. The molecule has 0 amide bonds. The highest BCUT2D eigenvalue weighted by molar-refractivity contribution is 4.53. The van der Waals surface area contributed by atoms with Crippen molar-refractivity contribution >= 4 is 0 Å². The van der Waals surface area contributed by atoms with E-state index >= 15 is 0 Å². The largest absolute Gasteiger partial charge is 0.412 e. The fourth-order valence-corrected chi connectivity index (χ4v) is 0.905.